The van der Waals surface area contributed by atoms with Crippen LogP contribution in [0, 0.1) is 5.92 Å². The molecule has 0 bridgehead atoms. The molecule has 1 aromatic heterocycles. The topological polar surface area (TPSA) is 66.0 Å². The third-order valence-electron chi connectivity index (χ3n) is 8.01. The number of alkyl halides is 9. The molecule has 3 rings (SSSR count). The Kier molecular flexibility index (Phi) is 12.6. The number of ether oxygens (including phenoxy) is 1. The van der Waals surface area contributed by atoms with E-state index in [0.29, 0.717) is 69.9 Å². The van der Waals surface area contributed by atoms with Crippen molar-refractivity contribution in [2.24, 2.45) is 5.92 Å². The SMILES string of the molecule is CCCC(=O)OC1CCC(CN(CC)c2ncc(C(F)(F)F)cc2CN(Cc2cc(C(F)(F)F)cc(C(F)(F)F)c2)C(=O)N(C)C)CC1. The Labute approximate surface area is 273 Å². The van der Waals surface area contributed by atoms with Gasteiger partial charge in [0.1, 0.15) is 11.9 Å². The molecule has 1 aliphatic carbocycles. The van der Waals surface area contributed by atoms with Crippen LogP contribution < -0.4 is 4.90 Å². The minimum absolute atomic E-state index is 0.0434. The molecule has 0 aliphatic heterocycles. The highest BCUT2D eigenvalue weighted by atomic mass is 19.4. The molecule has 0 radical (unpaired) electrons. The van der Waals surface area contributed by atoms with Crippen molar-refractivity contribution in [3.63, 3.8) is 0 Å². The molecule has 2 aromatic rings. The molecule has 268 valence electrons. The highest BCUT2D eigenvalue weighted by Gasteiger charge is 2.38. The fourth-order valence-electron chi connectivity index (χ4n) is 5.63. The van der Waals surface area contributed by atoms with Gasteiger partial charge in [-0.3, -0.25) is 4.79 Å². The fraction of sp³-hybridized carbons (Fsp3) is 0.594. The Bertz CT molecular complexity index is 1370. The van der Waals surface area contributed by atoms with Crippen molar-refractivity contribution >= 4 is 17.8 Å². The van der Waals surface area contributed by atoms with E-state index < -0.39 is 59.9 Å². The molecular weight excluding hydrogens is 659 g/mol. The number of anilines is 1. The van der Waals surface area contributed by atoms with Crippen molar-refractivity contribution in [3.05, 3.63) is 58.3 Å². The van der Waals surface area contributed by atoms with Crippen LogP contribution in [0.2, 0.25) is 0 Å². The summed E-state index contributed by atoms with van der Waals surface area (Å²) >= 11 is 0. The van der Waals surface area contributed by atoms with Gasteiger partial charge in [0.15, 0.2) is 0 Å². The lowest BCUT2D eigenvalue weighted by atomic mass is 9.87. The van der Waals surface area contributed by atoms with Crippen molar-refractivity contribution in [2.45, 2.75) is 90.1 Å². The molecule has 0 saturated heterocycles. The van der Waals surface area contributed by atoms with Crippen LogP contribution in [0.3, 0.4) is 0 Å². The number of nitrogens with zero attached hydrogens (tertiary/aromatic N) is 4. The molecule has 0 spiro atoms. The highest BCUT2D eigenvalue weighted by Crippen LogP contribution is 2.38. The van der Waals surface area contributed by atoms with Gasteiger partial charge in [0, 0.05) is 51.9 Å². The van der Waals surface area contributed by atoms with Crippen LogP contribution >= 0.6 is 0 Å². The molecule has 16 heteroatoms. The first-order chi connectivity index (χ1) is 22.2. The summed E-state index contributed by atoms with van der Waals surface area (Å²) in [5, 5.41) is 0. The number of rotatable bonds is 11. The van der Waals surface area contributed by atoms with Gasteiger partial charge in [0.2, 0.25) is 0 Å². The van der Waals surface area contributed by atoms with Gasteiger partial charge in [-0.1, -0.05) is 6.92 Å². The number of carbonyl (C=O) groups is 2. The Morgan fingerprint density at radius 1 is 0.812 bits per heavy atom. The van der Waals surface area contributed by atoms with E-state index in [4.69, 9.17) is 4.74 Å². The van der Waals surface area contributed by atoms with Gasteiger partial charge in [0.05, 0.1) is 23.2 Å². The largest absolute Gasteiger partial charge is 0.462 e. The van der Waals surface area contributed by atoms with Crippen molar-refractivity contribution in [2.75, 3.05) is 32.1 Å². The minimum Gasteiger partial charge on any atom is -0.462 e. The van der Waals surface area contributed by atoms with Gasteiger partial charge in [0.25, 0.3) is 0 Å². The molecule has 1 saturated carbocycles. The predicted molar refractivity (Wildman–Crippen MR) is 159 cm³/mol. The highest BCUT2D eigenvalue weighted by molar-refractivity contribution is 5.74. The summed E-state index contributed by atoms with van der Waals surface area (Å²) in [5.74, 6) is -0.113. The molecule has 0 unspecified atom stereocenters. The van der Waals surface area contributed by atoms with Crippen molar-refractivity contribution in [1.29, 1.82) is 0 Å². The number of aromatic nitrogens is 1. The number of hydrogen-bond acceptors (Lipinski definition) is 5. The Morgan fingerprint density at radius 3 is 1.85 bits per heavy atom. The quantitative estimate of drug-likeness (QED) is 0.174. The number of hydrogen-bond donors (Lipinski definition) is 0. The van der Waals surface area contributed by atoms with E-state index in [1.54, 1.807) is 11.8 Å². The number of halogens is 9. The van der Waals surface area contributed by atoms with Crippen LogP contribution in [0.4, 0.5) is 50.1 Å². The third kappa shape index (κ3) is 10.6. The second kappa shape index (κ2) is 15.7. The fourth-order valence-corrected chi connectivity index (χ4v) is 5.63. The lowest BCUT2D eigenvalue weighted by Gasteiger charge is -2.34. The van der Waals surface area contributed by atoms with E-state index in [1.165, 1.54) is 14.1 Å². The smallest absolute Gasteiger partial charge is 0.417 e. The summed E-state index contributed by atoms with van der Waals surface area (Å²) in [6.45, 7) is 2.91. The number of benzene rings is 1. The molecule has 1 heterocycles. The number of esters is 1. The molecular formula is C32H39F9N4O3. The molecule has 1 aromatic carbocycles. The molecule has 0 N–H and O–H groups in total. The van der Waals surface area contributed by atoms with Gasteiger partial charge in [-0.2, -0.15) is 39.5 Å². The summed E-state index contributed by atoms with van der Waals surface area (Å²) in [6, 6.07) is 0.842. The van der Waals surface area contributed by atoms with Crippen LogP contribution in [0.1, 0.15) is 80.2 Å². The maximum atomic E-state index is 13.8. The zero-order valence-electron chi connectivity index (χ0n) is 27.0. The lowest BCUT2D eigenvalue weighted by molar-refractivity contribution is -0.151. The van der Waals surface area contributed by atoms with Crippen LogP contribution in [0.5, 0.6) is 0 Å². The predicted octanol–water partition coefficient (Wildman–Crippen LogP) is 8.55. The number of urea groups is 1. The zero-order valence-corrected chi connectivity index (χ0v) is 27.0. The van der Waals surface area contributed by atoms with Gasteiger partial charge in [-0.25, -0.2) is 9.78 Å². The van der Waals surface area contributed by atoms with E-state index in [2.05, 4.69) is 4.98 Å². The first kappa shape index (κ1) is 38.7. The number of amides is 2. The standard InChI is InChI=1S/C32H39F9N4O3/c1-5-7-27(46)48-26-10-8-20(9-11-26)17-44(6-2)28-22(14-25(16-42-28)32(39,40)41)19-45(29(47)43(3)4)18-21-12-23(30(33,34)35)15-24(13-21)31(36,37)38/h12-16,20,26H,5-11,17-19H2,1-4H3. The van der Waals surface area contributed by atoms with Crippen LogP contribution in [0.15, 0.2) is 30.5 Å². The molecule has 2 amide bonds. The summed E-state index contributed by atoms with van der Waals surface area (Å²) in [6.07, 6.45) is -11.2. The van der Waals surface area contributed by atoms with Gasteiger partial charge in [-0.15, -0.1) is 0 Å². The monoisotopic (exact) mass is 698 g/mol. The van der Waals surface area contributed by atoms with Gasteiger partial charge >= 0.3 is 30.5 Å². The summed E-state index contributed by atoms with van der Waals surface area (Å²) in [7, 11) is 2.59. The number of carbonyl (C=O) groups excluding carboxylic acids is 2. The minimum atomic E-state index is -5.14. The van der Waals surface area contributed by atoms with Crippen LogP contribution in [0.25, 0.3) is 0 Å². The van der Waals surface area contributed by atoms with E-state index in [0.717, 1.165) is 15.9 Å². The van der Waals surface area contributed by atoms with Crippen molar-refractivity contribution in [1.82, 2.24) is 14.8 Å². The summed E-state index contributed by atoms with van der Waals surface area (Å²) < 4.78 is 128. The maximum Gasteiger partial charge on any atom is 0.417 e. The van der Waals surface area contributed by atoms with E-state index in [1.807, 2.05) is 6.92 Å². The van der Waals surface area contributed by atoms with Crippen LogP contribution in [-0.4, -0.2) is 60.1 Å². The van der Waals surface area contributed by atoms with E-state index in [-0.39, 0.29) is 35.4 Å². The second-order valence-corrected chi connectivity index (χ2v) is 12.1. The molecule has 1 aliphatic rings. The lowest BCUT2D eigenvalue weighted by Crippen LogP contribution is -2.39. The number of pyridine rings is 1. The Hall–Kier alpha value is -3.72. The third-order valence-corrected chi connectivity index (χ3v) is 8.01. The van der Waals surface area contributed by atoms with Crippen molar-refractivity contribution in [3.8, 4) is 0 Å². The average Bonchev–Trinajstić information content (AvgIpc) is 2.98. The Morgan fingerprint density at radius 2 is 1.38 bits per heavy atom. The second-order valence-electron chi connectivity index (χ2n) is 12.1. The summed E-state index contributed by atoms with van der Waals surface area (Å²) in [4.78, 5) is 32.9. The molecule has 0 atom stereocenters. The normalized spacial score (nSPS) is 17.2. The van der Waals surface area contributed by atoms with E-state index >= 15 is 0 Å². The molecule has 48 heavy (non-hydrogen) atoms. The first-order valence-corrected chi connectivity index (χ1v) is 15.5. The zero-order chi connectivity index (χ0) is 36.0. The first-order valence-electron chi connectivity index (χ1n) is 15.5. The van der Waals surface area contributed by atoms with Gasteiger partial charge in [-0.05, 0) is 74.8 Å². The summed E-state index contributed by atoms with van der Waals surface area (Å²) in [5.41, 5.74) is -4.91. The van der Waals surface area contributed by atoms with E-state index in [9.17, 15) is 49.1 Å². The van der Waals surface area contributed by atoms with Crippen LogP contribution in [-0.2, 0) is 41.1 Å². The molecule has 1 fully saturated rings. The Balaban J connectivity index is 1.97. The molecule has 7 nitrogen and oxygen atoms in total. The average molecular weight is 699 g/mol. The van der Waals surface area contributed by atoms with Gasteiger partial charge < -0.3 is 19.4 Å². The van der Waals surface area contributed by atoms with Crippen molar-refractivity contribution < 1.29 is 53.8 Å². The maximum absolute atomic E-state index is 13.8.